The zero-order valence-corrected chi connectivity index (χ0v) is 11.7. The van der Waals surface area contributed by atoms with Gasteiger partial charge in [-0.05, 0) is 36.6 Å². The Hall–Kier alpha value is -2.11. The molecule has 1 aromatic rings. The van der Waals surface area contributed by atoms with Crippen LogP contribution in [0.4, 0.5) is 14.9 Å². The maximum atomic E-state index is 13.1. The maximum absolute atomic E-state index is 13.1. The van der Waals surface area contributed by atoms with Crippen molar-refractivity contribution in [2.45, 2.75) is 20.8 Å². The van der Waals surface area contributed by atoms with Crippen molar-refractivity contribution in [1.82, 2.24) is 5.32 Å². The number of amides is 2. The van der Waals surface area contributed by atoms with Crippen molar-refractivity contribution in [2.24, 2.45) is 11.8 Å². The molecule has 0 heterocycles. The average Bonchev–Trinajstić information content (AvgIpc) is 2.33. The van der Waals surface area contributed by atoms with Gasteiger partial charge in [0.1, 0.15) is 5.82 Å². The Morgan fingerprint density at radius 3 is 2.50 bits per heavy atom. The second kappa shape index (κ2) is 6.88. The van der Waals surface area contributed by atoms with Gasteiger partial charge < -0.3 is 15.7 Å². The average molecular weight is 282 g/mol. The van der Waals surface area contributed by atoms with E-state index >= 15 is 0 Å². The van der Waals surface area contributed by atoms with Crippen LogP contribution in [0.3, 0.4) is 0 Å². The van der Waals surface area contributed by atoms with Crippen LogP contribution in [0.25, 0.3) is 0 Å². The fraction of sp³-hybridized carbons (Fsp3) is 0.429. The first-order valence-electron chi connectivity index (χ1n) is 6.35. The standard InChI is InChI=1S/C14H19FN2O3/c1-8(2)11(13(18)19)7-16-14(20)17-10-4-5-12(15)9(3)6-10/h4-6,8,11H,7H2,1-3H3,(H,18,19)(H2,16,17,20). The highest BCUT2D eigenvalue weighted by Crippen LogP contribution is 2.14. The van der Waals surface area contributed by atoms with Crippen LogP contribution in [-0.2, 0) is 4.79 Å². The Kier molecular flexibility index (Phi) is 5.49. The minimum absolute atomic E-state index is 0.0407. The van der Waals surface area contributed by atoms with Gasteiger partial charge in [0.25, 0.3) is 0 Å². The molecule has 110 valence electrons. The van der Waals surface area contributed by atoms with Crippen molar-refractivity contribution < 1.29 is 19.1 Å². The molecule has 6 heteroatoms. The number of benzene rings is 1. The van der Waals surface area contributed by atoms with Gasteiger partial charge in [-0.1, -0.05) is 13.8 Å². The first-order valence-corrected chi connectivity index (χ1v) is 6.35. The van der Waals surface area contributed by atoms with Crippen LogP contribution in [0.15, 0.2) is 18.2 Å². The third kappa shape index (κ3) is 4.53. The summed E-state index contributed by atoms with van der Waals surface area (Å²) in [5.41, 5.74) is 0.881. The molecule has 0 spiro atoms. The minimum Gasteiger partial charge on any atom is -0.481 e. The topological polar surface area (TPSA) is 78.4 Å². The highest BCUT2D eigenvalue weighted by Gasteiger charge is 2.21. The number of carbonyl (C=O) groups is 2. The molecule has 5 nitrogen and oxygen atoms in total. The smallest absolute Gasteiger partial charge is 0.319 e. The van der Waals surface area contributed by atoms with Gasteiger partial charge in [-0.15, -0.1) is 0 Å². The van der Waals surface area contributed by atoms with E-state index in [0.29, 0.717) is 11.3 Å². The number of carbonyl (C=O) groups excluding carboxylic acids is 1. The molecule has 20 heavy (non-hydrogen) atoms. The van der Waals surface area contributed by atoms with E-state index in [1.165, 1.54) is 18.2 Å². The highest BCUT2D eigenvalue weighted by molar-refractivity contribution is 5.89. The molecule has 0 radical (unpaired) electrons. The largest absolute Gasteiger partial charge is 0.481 e. The predicted molar refractivity (Wildman–Crippen MR) is 74.1 cm³/mol. The monoisotopic (exact) mass is 282 g/mol. The highest BCUT2D eigenvalue weighted by atomic mass is 19.1. The summed E-state index contributed by atoms with van der Waals surface area (Å²) in [6.45, 7) is 5.19. The summed E-state index contributed by atoms with van der Waals surface area (Å²) < 4.78 is 13.1. The van der Waals surface area contributed by atoms with E-state index < -0.39 is 17.9 Å². The Morgan fingerprint density at radius 2 is 2.00 bits per heavy atom. The van der Waals surface area contributed by atoms with Gasteiger partial charge in [-0.3, -0.25) is 4.79 Å². The summed E-state index contributed by atoms with van der Waals surface area (Å²) in [6, 6.07) is 3.70. The molecule has 1 atom stereocenters. The van der Waals surface area contributed by atoms with Gasteiger partial charge >= 0.3 is 12.0 Å². The molecule has 1 unspecified atom stereocenters. The van der Waals surface area contributed by atoms with E-state index in [9.17, 15) is 14.0 Å². The van der Waals surface area contributed by atoms with Crippen LogP contribution < -0.4 is 10.6 Å². The molecule has 3 N–H and O–H groups in total. The van der Waals surface area contributed by atoms with Crippen LogP contribution in [0, 0.1) is 24.6 Å². The molecule has 0 aliphatic rings. The Bertz CT molecular complexity index is 503. The zero-order valence-electron chi connectivity index (χ0n) is 11.7. The second-order valence-corrected chi connectivity index (χ2v) is 4.99. The van der Waals surface area contributed by atoms with Crippen LogP contribution in [0.2, 0.25) is 0 Å². The number of aryl methyl sites for hydroxylation is 1. The van der Waals surface area contributed by atoms with Gasteiger partial charge in [-0.25, -0.2) is 9.18 Å². The van der Waals surface area contributed by atoms with E-state index in [4.69, 9.17) is 5.11 Å². The number of hydrogen-bond acceptors (Lipinski definition) is 2. The SMILES string of the molecule is Cc1cc(NC(=O)NCC(C(=O)O)C(C)C)ccc1F. The quantitative estimate of drug-likeness (QED) is 0.776. The molecule has 0 aliphatic heterocycles. The Balaban J connectivity index is 2.55. The summed E-state index contributed by atoms with van der Waals surface area (Å²) in [5, 5.41) is 14.0. The molecule has 1 aromatic carbocycles. The molecule has 0 saturated carbocycles. The lowest BCUT2D eigenvalue weighted by Crippen LogP contribution is -2.37. The zero-order chi connectivity index (χ0) is 15.3. The number of rotatable bonds is 5. The lowest BCUT2D eigenvalue weighted by molar-refractivity contribution is -0.142. The summed E-state index contributed by atoms with van der Waals surface area (Å²) >= 11 is 0. The number of carboxylic acids is 1. The third-order valence-corrected chi connectivity index (χ3v) is 3.02. The molecule has 0 aromatic heterocycles. The number of aliphatic carboxylic acids is 1. The normalized spacial score (nSPS) is 12.1. The van der Waals surface area contributed by atoms with Gasteiger partial charge in [0, 0.05) is 12.2 Å². The van der Waals surface area contributed by atoms with Crippen molar-refractivity contribution in [1.29, 1.82) is 0 Å². The fourth-order valence-corrected chi connectivity index (χ4v) is 1.71. The Labute approximate surface area is 117 Å². The minimum atomic E-state index is -0.946. The number of urea groups is 1. The van der Waals surface area contributed by atoms with E-state index in [2.05, 4.69) is 10.6 Å². The van der Waals surface area contributed by atoms with Gasteiger partial charge in [-0.2, -0.15) is 0 Å². The summed E-state index contributed by atoms with van der Waals surface area (Å²) in [4.78, 5) is 22.6. The number of halogens is 1. The molecule has 1 rings (SSSR count). The lowest BCUT2D eigenvalue weighted by atomic mass is 9.96. The number of nitrogens with one attached hydrogen (secondary N) is 2. The van der Waals surface area contributed by atoms with Crippen molar-refractivity contribution in [2.75, 3.05) is 11.9 Å². The van der Waals surface area contributed by atoms with Crippen molar-refractivity contribution >= 4 is 17.7 Å². The molecule has 0 fully saturated rings. The predicted octanol–water partition coefficient (Wildman–Crippen LogP) is 2.61. The van der Waals surface area contributed by atoms with Crippen molar-refractivity contribution in [3.63, 3.8) is 0 Å². The van der Waals surface area contributed by atoms with E-state index in [1.54, 1.807) is 20.8 Å². The molecular formula is C14H19FN2O3. The summed E-state index contributed by atoms with van der Waals surface area (Å²) in [5.74, 6) is -2.02. The fourth-order valence-electron chi connectivity index (χ4n) is 1.71. The molecule has 0 saturated heterocycles. The van der Waals surface area contributed by atoms with E-state index in [1.807, 2.05) is 0 Å². The first kappa shape index (κ1) is 15.9. The lowest BCUT2D eigenvalue weighted by Gasteiger charge is -2.17. The van der Waals surface area contributed by atoms with Crippen LogP contribution >= 0.6 is 0 Å². The van der Waals surface area contributed by atoms with Crippen LogP contribution in [-0.4, -0.2) is 23.7 Å². The molecule has 2 amide bonds. The molecular weight excluding hydrogens is 263 g/mol. The van der Waals surface area contributed by atoms with E-state index in [-0.39, 0.29) is 18.3 Å². The third-order valence-electron chi connectivity index (χ3n) is 3.02. The van der Waals surface area contributed by atoms with E-state index in [0.717, 1.165) is 0 Å². The molecule has 0 aliphatic carbocycles. The number of anilines is 1. The summed E-state index contributed by atoms with van der Waals surface area (Å²) in [7, 11) is 0. The first-order chi connectivity index (χ1) is 9.31. The van der Waals surface area contributed by atoms with Crippen molar-refractivity contribution in [3.8, 4) is 0 Å². The number of carboxylic acid groups (broad SMARTS) is 1. The molecule has 0 bridgehead atoms. The van der Waals surface area contributed by atoms with Crippen LogP contribution in [0.5, 0.6) is 0 Å². The number of hydrogen-bond donors (Lipinski definition) is 3. The van der Waals surface area contributed by atoms with Gasteiger partial charge in [0.05, 0.1) is 5.92 Å². The summed E-state index contributed by atoms with van der Waals surface area (Å²) in [6.07, 6.45) is 0. The maximum Gasteiger partial charge on any atom is 0.319 e. The second-order valence-electron chi connectivity index (χ2n) is 4.99. The Morgan fingerprint density at radius 1 is 1.35 bits per heavy atom. The van der Waals surface area contributed by atoms with Crippen LogP contribution in [0.1, 0.15) is 19.4 Å². The van der Waals surface area contributed by atoms with Crippen molar-refractivity contribution in [3.05, 3.63) is 29.6 Å². The van der Waals surface area contributed by atoms with Gasteiger partial charge in [0.2, 0.25) is 0 Å². The van der Waals surface area contributed by atoms with Gasteiger partial charge in [0.15, 0.2) is 0 Å².